The van der Waals surface area contributed by atoms with E-state index in [-0.39, 0.29) is 23.0 Å². The maximum atomic E-state index is 9.99. The van der Waals surface area contributed by atoms with Crippen molar-refractivity contribution in [2.45, 2.75) is 6.92 Å². The number of nitrogens with two attached hydrogens (primary N) is 1. The summed E-state index contributed by atoms with van der Waals surface area (Å²) >= 11 is 0. The molecule has 0 heterocycles. The number of carboxylic acids is 4. The van der Waals surface area contributed by atoms with E-state index < -0.39 is 23.9 Å². The SMILES string of the molecule is CC(=O)ONCCN.[CH2-]C(=O)O.[CH2-]C(=O)O.[CH2-]C(=O)O.[CH2-]C(=O)O.[Cu]. The van der Waals surface area contributed by atoms with Crippen molar-refractivity contribution in [3.8, 4) is 0 Å². The van der Waals surface area contributed by atoms with E-state index in [1.165, 1.54) is 6.92 Å². The standard InChI is InChI=1S/C4H10N2O2.4C2H3O2.Cu/c1-4(7)8-6-3-2-5;4*1-2(3)4;/h6H,2-3,5H2,1H3;4*1H2,(H,3,4);/q;4*-1;. The van der Waals surface area contributed by atoms with Crippen LogP contribution in [0.3, 0.4) is 0 Å². The molecule has 0 aliphatic carbocycles. The van der Waals surface area contributed by atoms with Crippen molar-refractivity contribution in [3.05, 3.63) is 27.7 Å². The zero-order valence-electron chi connectivity index (χ0n) is 13.4. The quantitative estimate of drug-likeness (QED) is 0.136. The molecule has 0 saturated carbocycles. The summed E-state index contributed by atoms with van der Waals surface area (Å²) in [4.78, 5) is 49.9. The average molecular weight is 418 g/mol. The van der Waals surface area contributed by atoms with Crippen LogP contribution in [0, 0.1) is 27.7 Å². The number of hydroxylamine groups is 1. The van der Waals surface area contributed by atoms with Gasteiger partial charge in [-0.25, -0.2) is 0 Å². The minimum absolute atomic E-state index is 0. The van der Waals surface area contributed by atoms with Crippen LogP contribution >= 0.6 is 0 Å². The van der Waals surface area contributed by atoms with Crippen molar-refractivity contribution >= 4 is 29.8 Å². The molecule has 0 fully saturated rings. The molecule has 1 radical (unpaired) electrons. The Hall–Kier alpha value is -2.73. The third-order valence-electron chi connectivity index (χ3n) is 0.462. The molecule has 0 aromatic rings. The van der Waals surface area contributed by atoms with Gasteiger partial charge in [0, 0.05) is 37.1 Å². The largest absolute Gasteiger partial charge is 0.503 e. The molecule has 0 rings (SSSR count). The fraction of sp³-hybridized carbons (Fsp3) is 0.250. The molecular formula is C12H22CuN2O10-4. The Bertz CT molecular complexity index is 300. The zero-order valence-corrected chi connectivity index (χ0v) is 14.3. The Balaban J connectivity index is -0.0000000467. The van der Waals surface area contributed by atoms with Gasteiger partial charge in [-0.15, -0.1) is 0 Å². The van der Waals surface area contributed by atoms with Gasteiger partial charge in [0.25, 0.3) is 0 Å². The molecule has 0 aliphatic heterocycles. The van der Waals surface area contributed by atoms with E-state index in [1.54, 1.807) is 0 Å². The van der Waals surface area contributed by atoms with E-state index in [0.29, 0.717) is 13.1 Å². The molecule has 0 aromatic heterocycles. The van der Waals surface area contributed by atoms with Crippen LogP contribution in [0.2, 0.25) is 0 Å². The first kappa shape index (κ1) is 38.1. The van der Waals surface area contributed by atoms with Crippen molar-refractivity contribution in [2.75, 3.05) is 13.1 Å². The molecule has 0 bridgehead atoms. The van der Waals surface area contributed by atoms with Gasteiger partial charge in [-0.3, -0.25) is 51.7 Å². The zero-order chi connectivity index (χ0) is 20.7. The molecule has 25 heavy (non-hydrogen) atoms. The molecule has 0 aliphatic rings. The van der Waals surface area contributed by atoms with E-state index >= 15 is 0 Å². The molecule has 155 valence electrons. The summed E-state index contributed by atoms with van der Waals surface area (Å²) in [5.41, 5.74) is 7.42. The Kier molecular flexibility index (Phi) is 50.3. The molecule has 0 unspecified atom stereocenters. The van der Waals surface area contributed by atoms with Gasteiger partial charge in [0.2, 0.25) is 0 Å². The second kappa shape index (κ2) is 33.0. The van der Waals surface area contributed by atoms with Gasteiger partial charge in [-0.1, -0.05) is 0 Å². The van der Waals surface area contributed by atoms with E-state index in [1.807, 2.05) is 0 Å². The molecule has 0 spiro atoms. The van der Waals surface area contributed by atoms with E-state index in [4.69, 9.17) is 45.3 Å². The Morgan fingerprint density at radius 3 is 1.16 bits per heavy atom. The number of rotatable bonds is 3. The Morgan fingerprint density at radius 1 is 0.840 bits per heavy atom. The van der Waals surface area contributed by atoms with Crippen LogP contribution in [0.25, 0.3) is 0 Å². The molecule has 0 atom stereocenters. The predicted molar refractivity (Wildman–Crippen MR) is 80.8 cm³/mol. The van der Waals surface area contributed by atoms with Gasteiger partial charge in [0.05, 0.1) is 0 Å². The maximum Gasteiger partial charge on any atom is 0.321 e. The number of nitrogens with one attached hydrogen (secondary N) is 1. The number of carboxylic acid groups (broad SMARTS) is 4. The average Bonchev–Trinajstić information content (AvgIpc) is 2.25. The van der Waals surface area contributed by atoms with Crippen molar-refractivity contribution in [1.29, 1.82) is 0 Å². The summed E-state index contributed by atoms with van der Waals surface area (Å²) in [5, 5.41) is 29.2. The molecule has 7 N–H and O–H groups in total. The monoisotopic (exact) mass is 417 g/mol. The van der Waals surface area contributed by atoms with E-state index in [9.17, 15) is 4.79 Å². The first-order valence-corrected chi connectivity index (χ1v) is 5.50. The summed E-state index contributed by atoms with van der Waals surface area (Å²) in [6, 6.07) is 0. The van der Waals surface area contributed by atoms with Crippen LogP contribution in [0.1, 0.15) is 6.92 Å². The number of hydrogen-bond acceptors (Lipinski definition) is 8. The Morgan fingerprint density at radius 2 is 1.04 bits per heavy atom. The summed E-state index contributed by atoms with van der Waals surface area (Å²) in [6.07, 6.45) is 0. The minimum atomic E-state index is -1.08. The fourth-order valence-corrected chi connectivity index (χ4v) is 0.212. The van der Waals surface area contributed by atoms with Crippen LogP contribution < -0.4 is 11.2 Å². The van der Waals surface area contributed by atoms with Gasteiger partial charge in [-0.2, -0.15) is 5.48 Å². The van der Waals surface area contributed by atoms with Gasteiger partial charge in [0.1, 0.15) is 0 Å². The third kappa shape index (κ3) is 1530. The first-order valence-electron chi connectivity index (χ1n) is 5.50. The molecule has 0 aromatic carbocycles. The number of hydrogen-bond donors (Lipinski definition) is 6. The van der Waals surface area contributed by atoms with Gasteiger partial charge in [0.15, 0.2) is 23.9 Å². The fourth-order valence-electron chi connectivity index (χ4n) is 0.212. The van der Waals surface area contributed by atoms with Gasteiger partial charge in [-0.05, 0) is 0 Å². The van der Waals surface area contributed by atoms with Crippen LogP contribution in [-0.4, -0.2) is 63.4 Å². The molecule has 0 saturated heterocycles. The van der Waals surface area contributed by atoms with Crippen LogP contribution in [-0.2, 0) is 45.9 Å². The van der Waals surface area contributed by atoms with E-state index in [0.717, 1.165) is 0 Å². The second-order valence-electron chi connectivity index (χ2n) is 2.85. The molecule has 13 heteroatoms. The van der Waals surface area contributed by atoms with E-state index in [2.05, 4.69) is 38.0 Å². The molecular weight excluding hydrogens is 396 g/mol. The normalized spacial score (nSPS) is 6.64. The molecule has 0 amide bonds. The smallest absolute Gasteiger partial charge is 0.321 e. The van der Waals surface area contributed by atoms with Crippen LogP contribution in [0.15, 0.2) is 0 Å². The Labute approximate surface area is 155 Å². The number of carbonyl (C=O) groups excluding carboxylic acids is 1. The van der Waals surface area contributed by atoms with Gasteiger partial charge >= 0.3 is 5.97 Å². The van der Waals surface area contributed by atoms with Crippen molar-refractivity contribution in [2.24, 2.45) is 5.73 Å². The van der Waals surface area contributed by atoms with Gasteiger partial charge < -0.3 is 31.0 Å². The predicted octanol–water partition coefficient (Wildman–Crippen LogP) is -1.37. The summed E-state index contributed by atoms with van der Waals surface area (Å²) in [5.74, 6) is -4.68. The summed E-state index contributed by atoms with van der Waals surface area (Å²) in [6.45, 7) is 12.5. The van der Waals surface area contributed by atoms with Crippen molar-refractivity contribution in [1.82, 2.24) is 5.48 Å². The van der Waals surface area contributed by atoms with Crippen molar-refractivity contribution < 1.29 is 66.3 Å². The molecule has 12 nitrogen and oxygen atoms in total. The second-order valence-corrected chi connectivity index (χ2v) is 2.85. The minimum Gasteiger partial charge on any atom is -0.503 e. The maximum absolute atomic E-state index is 9.99. The van der Waals surface area contributed by atoms with Crippen molar-refractivity contribution in [3.63, 3.8) is 0 Å². The summed E-state index contributed by atoms with van der Waals surface area (Å²) < 4.78 is 0. The van der Waals surface area contributed by atoms with Crippen LogP contribution in [0.5, 0.6) is 0 Å². The topological polar surface area (TPSA) is 214 Å². The number of carbonyl (C=O) groups is 5. The first-order chi connectivity index (χ1) is 10.7. The van der Waals surface area contributed by atoms with Crippen LogP contribution in [0.4, 0.5) is 0 Å². The third-order valence-corrected chi connectivity index (χ3v) is 0.462. The summed E-state index contributed by atoms with van der Waals surface area (Å²) in [7, 11) is 0. The number of aliphatic carboxylic acids is 4.